The molecule has 2 fully saturated rings. The fourth-order valence-electron chi connectivity index (χ4n) is 4.66. The van der Waals surface area contributed by atoms with Crippen LogP contribution in [0.1, 0.15) is 79.1 Å². The molecule has 0 heterocycles. The van der Waals surface area contributed by atoms with Gasteiger partial charge in [0.1, 0.15) is 0 Å². The predicted octanol–water partition coefficient (Wildman–Crippen LogP) is 5.00. The molecule has 2 saturated carbocycles. The molecule has 0 bridgehead atoms. The first-order chi connectivity index (χ1) is 10.0. The highest BCUT2D eigenvalue weighted by Gasteiger charge is 2.41. The van der Waals surface area contributed by atoms with E-state index in [1.54, 1.807) is 0 Å². The van der Waals surface area contributed by atoms with Gasteiger partial charge < -0.3 is 0 Å². The molecule has 0 aromatic rings. The van der Waals surface area contributed by atoms with Gasteiger partial charge in [-0.2, -0.15) is 5.26 Å². The van der Waals surface area contributed by atoms with Crippen LogP contribution in [0.25, 0.3) is 0 Å². The second kappa shape index (κ2) is 7.14. The SMILES string of the molecule is CCN(C1CCCC1)C1CC(C(C)(C)CC)CCC1C#N. The highest BCUT2D eigenvalue weighted by Crippen LogP contribution is 2.44. The standard InChI is InChI=1S/C19H34N2/c1-5-19(3,4)16-12-11-15(14-20)18(13-16)21(6-2)17-9-7-8-10-17/h15-18H,5-13H2,1-4H3. The fraction of sp³-hybridized carbons (Fsp3) is 0.947. The summed E-state index contributed by atoms with van der Waals surface area (Å²) in [7, 11) is 0. The Hall–Kier alpha value is -0.550. The molecule has 2 aliphatic carbocycles. The predicted molar refractivity (Wildman–Crippen MR) is 88.9 cm³/mol. The number of hydrogen-bond acceptors (Lipinski definition) is 2. The van der Waals surface area contributed by atoms with Crippen molar-refractivity contribution in [3.8, 4) is 6.07 Å². The van der Waals surface area contributed by atoms with Crippen LogP contribution in [0.3, 0.4) is 0 Å². The van der Waals surface area contributed by atoms with E-state index < -0.39 is 0 Å². The van der Waals surface area contributed by atoms with Crippen molar-refractivity contribution < 1.29 is 0 Å². The van der Waals surface area contributed by atoms with Crippen molar-refractivity contribution in [1.29, 1.82) is 5.26 Å². The molecule has 0 aliphatic heterocycles. The first kappa shape index (κ1) is 16.8. The number of nitrogens with zero attached hydrogens (tertiary/aromatic N) is 2. The third-order valence-corrected chi connectivity index (χ3v) is 6.58. The Bertz CT molecular complexity index is 362. The van der Waals surface area contributed by atoms with E-state index in [-0.39, 0.29) is 5.92 Å². The maximum absolute atomic E-state index is 9.62. The van der Waals surface area contributed by atoms with E-state index in [4.69, 9.17) is 0 Å². The van der Waals surface area contributed by atoms with Gasteiger partial charge in [0.15, 0.2) is 0 Å². The van der Waals surface area contributed by atoms with Gasteiger partial charge in [-0.25, -0.2) is 0 Å². The van der Waals surface area contributed by atoms with Crippen LogP contribution in [0.4, 0.5) is 0 Å². The van der Waals surface area contributed by atoms with Crippen molar-refractivity contribution in [2.75, 3.05) is 6.54 Å². The molecule has 0 radical (unpaired) electrons. The smallest absolute Gasteiger partial charge is 0.0672 e. The van der Waals surface area contributed by atoms with Crippen molar-refractivity contribution in [2.24, 2.45) is 17.3 Å². The van der Waals surface area contributed by atoms with E-state index in [1.807, 2.05) is 0 Å². The Morgan fingerprint density at radius 3 is 2.29 bits per heavy atom. The summed E-state index contributed by atoms with van der Waals surface area (Å²) in [6.07, 6.45) is 10.3. The minimum atomic E-state index is 0.259. The number of hydrogen-bond donors (Lipinski definition) is 0. The Balaban J connectivity index is 2.13. The van der Waals surface area contributed by atoms with E-state index in [1.165, 1.54) is 44.9 Å². The third kappa shape index (κ3) is 3.62. The lowest BCUT2D eigenvalue weighted by Gasteiger charge is -2.46. The Labute approximate surface area is 131 Å². The van der Waals surface area contributed by atoms with Gasteiger partial charge in [0, 0.05) is 12.1 Å². The number of nitriles is 1. The molecule has 2 heteroatoms. The zero-order valence-electron chi connectivity index (χ0n) is 14.6. The van der Waals surface area contributed by atoms with Crippen molar-refractivity contribution in [3.63, 3.8) is 0 Å². The van der Waals surface area contributed by atoms with Gasteiger partial charge in [0.2, 0.25) is 0 Å². The van der Waals surface area contributed by atoms with E-state index >= 15 is 0 Å². The molecule has 0 saturated heterocycles. The Morgan fingerprint density at radius 2 is 1.76 bits per heavy atom. The lowest BCUT2D eigenvalue weighted by molar-refractivity contribution is 0.0319. The molecule has 2 aliphatic rings. The van der Waals surface area contributed by atoms with Gasteiger partial charge in [-0.05, 0) is 50.0 Å². The Kier molecular flexibility index (Phi) is 5.72. The monoisotopic (exact) mass is 290 g/mol. The van der Waals surface area contributed by atoms with Gasteiger partial charge in [0.05, 0.1) is 12.0 Å². The summed E-state index contributed by atoms with van der Waals surface area (Å²) in [6, 6.07) is 3.90. The topological polar surface area (TPSA) is 27.0 Å². The molecule has 0 aromatic carbocycles. The van der Waals surface area contributed by atoms with E-state index in [2.05, 4.69) is 38.7 Å². The summed E-state index contributed by atoms with van der Waals surface area (Å²) in [5.74, 6) is 1.04. The van der Waals surface area contributed by atoms with Gasteiger partial charge >= 0.3 is 0 Å². The molecule has 2 rings (SSSR count). The van der Waals surface area contributed by atoms with E-state index in [0.29, 0.717) is 11.5 Å². The normalized spacial score (nSPS) is 31.5. The largest absolute Gasteiger partial charge is 0.296 e. The Morgan fingerprint density at radius 1 is 1.10 bits per heavy atom. The van der Waals surface area contributed by atoms with Crippen LogP contribution in [0.5, 0.6) is 0 Å². The zero-order valence-corrected chi connectivity index (χ0v) is 14.6. The average Bonchev–Trinajstić information content (AvgIpc) is 3.02. The number of rotatable bonds is 5. The molecule has 120 valence electrons. The van der Waals surface area contributed by atoms with Gasteiger partial charge in [-0.1, -0.05) is 47.0 Å². The van der Waals surface area contributed by atoms with Crippen molar-refractivity contribution in [2.45, 2.75) is 91.1 Å². The van der Waals surface area contributed by atoms with Crippen LogP contribution in [0.15, 0.2) is 0 Å². The van der Waals surface area contributed by atoms with Crippen LogP contribution < -0.4 is 0 Å². The lowest BCUT2D eigenvalue weighted by atomic mass is 9.65. The van der Waals surface area contributed by atoms with Crippen LogP contribution in [-0.2, 0) is 0 Å². The molecular formula is C19H34N2. The highest BCUT2D eigenvalue weighted by molar-refractivity contribution is 5.01. The fourth-order valence-corrected chi connectivity index (χ4v) is 4.66. The van der Waals surface area contributed by atoms with Crippen LogP contribution in [0, 0.1) is 28.6 Å². The van der Waals surface area contributed by atoms with Gasteiger partial charge in [0.25, 0.3) is 0 Å². The average molecular weight is 290 g/mol. The molecule has 0 amide bonds. The molecule has 2 nitrogen and oxygen atoms in total. The zero-order chi connectivity index (χ0) is 15.5. The maximum Gasteiger partial charge on any atom is 0.0672 e. The van der Waals surface area contributed by atoms with Crippen LogP contribution in [-0.4, -0.2) is 23.5 Å². The molecular weight excluding hydrogens is 256 g/mol. The van der Waals surface area contributed by atoms with Crippen molar-refractivity contribution in [1.82, 2.24) is 4.90 Å². The molecule has 0 aromatic heterocycles. The minimum Gasteiger partial charge on any atom is -0.296 e. The van der Waals surface area contributed by atoms with Crippen LogP contribution in [0.2, 0.25) is 0 Å². The van der Waals surface area contributed by atoms with Gasteiger partial charge in [-0.15, -0.1) is 0 Å². The summed E-state index contributed by atoms with van der Waals surface area (Å²) in [6.45, 7) is 10.6. The molecule has 21 heavy (non-hydrogen) atoms. The summed E-state index contributed by atoms with van der Waals surface area (Å²) < 4.78 is 0. The molecule has 0 N–H and O–H groups in total. The van der Waals surface area contributed by atoms with Gasteiger partial charge in [-0.3, -0.25) is 4.90 Å². The summed E-state index contributed by atoms with van der Waals surface area (Å²) in [4.78, 5) is 2.71. The lowest BCUT2D eigenvalue weighted by Crippen LogP contribution is -2.49. The first-order valence-corrected chi connectivity index (χ1v) is 9.18. The summed E-state index contributed by atoms with van der Waals surface area (Å²) in [5, 5.41) is 9.62. The van der Waals surface area contributed by atoms with E-state index in [0.717, 1.165) is 24.9 Å². The maximum atomic E-state index is 9.62. The quantitative estimate of drug-likeness (QED) is 0.712. The summed E-state index contributed by atoms with van der Waals surface area (Å²) in [5.41, 5.74) is 0.424. The van der Waals surface area contributed by atoms with E-state index in [9.17, 15) is 5.26 Å². The van der Waals surface area contributed by atoms with Crippen molar-refractivity contribution in [3.05, 3.63) is 0 Å². The van der Waals surface area contributed by atoms with Crippen molar-refractivity contribution >= 4 is 0 Å². The third-order valence-electron chi connectivity index (χ3n) is 6.58. The minimum absolute atomic E-state index is 0.259. The molecule has 0 spiro atoms. The second-order valence-electron chi connectivity index (χ2n) is 7.92. The molecule has 3 atom stereocenters. The molecule has 3 unspecified atom stereocenters. The summed E-state index contributed by atoms with van der Waals surface area (Å²) >= 11 is 0. The second-order valence-corrected chi connectivity index (χ2v) is 7.92. The van der Waals surface area contributed by atoms with Crippen LogP contribution >= 0.6 is 0 Å². The first-order valence-electron chi connectivity index (χ1n) is 9.18. The highest BCUT2D eigenvalue weighted by atomic mass is 15.2.